The van der Waals surface area contributed by atoms with Crippen LogP contribution in [0.25, 0.3) is 0 Å². The number of rotatable bonds is 4. The van der Waals surface area contributed by atoms with Gasteiger partial charge in [-0.1, -0.05) is 43.0 Å². The highest BCUT2D eigenvalue weighted by Gasteiger charge is 2.32. The van der Waals surface area contributed by atoms with Crippen molar-refractivity contribution >= 4 is 23.2 Å². The maximum atomic E-state index is 10.6. The molecule has 20 heavy (non-hydrogen) atoms. The average Bonchev–Trinajstić information content (AvgIpc) is 2.39. The van der Waals surface area contributed by atoms with Crippen molar-refractivity contribution in [3.8, 4) is 0 Å². The lowest BCUT2D eigenvalue weighted by atomic mass is 9.79. The third-order valence-corrected chi connectivity index (χ3v) is 4.81. The van der Waals surface area contributed by atoms with Gasteiger partial charge in [0.25, 0.3) is 0 Å². The Morgan fingerprint density at radius 2 is 2.20 bits per heavy atom. The second-order valence-corrected chi connectivity index (χ2v) is 7.04. The third kappa shape index (κ3) is 4.11. The van der Waals surface area contributed by atoms with E-state index >= 15 is 0 Å². The van der Waals surface area contributed by atoms with Gasteiger partial charge in [-0.2, -0.15) is 0 Å². The van der Waals surface area contributed by atoms with Crippen LogP contribution < -0.4 is 5.32 Å². The van der Waals surface area contributed by atoms with E-state index in [1.807, 2.05) is 19.1 Å². The Kier molecular flexibility index (Phi) is 5.36. The summed E-state index contributed by atoms with van der Waals surface area (Å²) >= 11 is 12.2. The van der Waals surface area contributed by atoms with E-state index in [2.05, 4.69) is 12.2 Å². The molecule has 0 aromatic heterocycles. The summed E-state index contributed by atoms with van der Waals surface area (Å²) in [7, 11) is 0. The van der Waals surface area contributed by atoms with Crippen molar-refractivity contribution in [2.24, 2.45) is 5.92 Å². The van der Waals surface area contributed by atoms with Crippen molar-refractivity contribution in [3.05, 3.63) is 33.8 Å². The zero-order chi connectivity index (χ0) is 14.8. The molecule has 3 unspecified atom stereocenters. The zero-order valence-corrected chi connectivity index (χ0v) is 13.6. The molecule has 3 atom stereocenters. The Balaban J connectivity index is 1.97. The van der Waals surface area contributed by atoms with Gasteiger partial charge in [0.05, 0.1) is 5.60 Å². The number of nitrogens with one attached hydrogen (secondary N) is 1. The number of benzene rings is 1. The summed E-state index contributed by atoms with van der Waals surface area (Å²) in [6, 6.07) is 5.56. The van der Waals surface area contributed by atoms with Crippen molar-refractivity contribution in [3.63, 3.8) is 0 Å². The lowest BCUT2D eigenvalue weighted by molar-refractivity contribution is -0.0134. The van der Waals surface area contributed by atoms with Gasteiger partial charge in [0.15, 0.2) is 0 Å². The van der Waals surface area contributed by atoms with Crippen LogP contribution in [0.5, 0.6) is 0 Å². The van der Waals surface area contributed by atoms with Crippen LogP contribution in [0.4, 0.5) is 0 Å². The number of aliphatic hydroxyl groups is 1. The first-order valence-electron chi connectivity index (χ1n) is 7.30. The third-order valence-electron chi connectivity index (χ3n) is 4.23. The van der Waals surface area contributed by atoms with E-state index in [0.29, 0.717) is 22.5 Å². The quantitative estimate of drug-likeness (QED) is 0.852. The van der Waals surface area contributed by atoms with E-state index in [0.717, 1.165) is 24.8 Å². The van der Waals surface area contributed by atoms with Gasteiger partial charge in [0, 0.05) is 22.6 Å². The van der Waals surface area contributed by atoms with Gasteiger partial charge in [0.1, 0.15) is 0 Å². The summed E-state index contributed by atoms with van der Waals surface area (Å²) in [6.07, 6.45) is 4.07. The molecule has 2 N–H and O–H groups in total. The lowest BCUT2D eigenvalue weighted by Crippen LogP contribution is -2.44. The molecule has 0 spiro atoms. The molecule has 0 bridgehead atoms. The lowest BCUT2D eigenvalue weighted by Gasteiger charge is -2.36. The minimum absolute atomic E-state index is 0.0717. The van der Waals surface area contributed by atoms with Crippen molar-refractivity contribution in [1.29, 1.82) is 0 Å². The van der Waals surface area contributed by atoms with Crippen LogP contribution in [0.1, 0.15) is 51.1 Å². The molecule has 0 amide bonds. The van der Waals surface area contributed by atoms with Crippen molar-refractivity contribution in [1.82, 2.24) is 5.32 Å². The van der Waals surface area contributed by atoms with Gasteiger partial charge in [-0.05, 0) is 49.4 Å². The van der Waals surface area contributed by atoms with E-state index in [1.54, 1.807) is 6.07 Å². The van der Waals surface area contributed by atoms with Crippen LogP contribution in [0.15, 0.2) is 18.2 Å². The Morgan fingerprint density at radius 1 is 1.45 bits per heavy atom. The summed E-state index contributed by atoms with van der Waals surface area (Å²) in [5.41, 5.74) is 0.392. The van der Waals surface area contributed by atoms with E-state index in [-0.39, 0.29) is 6.04 Å². The Hall–Kier alpha value is -0.280. The fraction of sp³-hybridized carbons (Fsp3) is 0.625. The second-order valence-electron chi connectivity index (χ2n) is 6.19. The zero-order valence-electron chi connectivity index (χ0n) is 12.1. The normalized spacial score (nSPS) is 28.4. The number of hydrogen-bond donors (Lipinski definition) is 2. The molecule has 4 heteroatoms. The fourth-order valence-electron chi connectivity index (χ4n) is 3.09. The molecule has 2 nitrogen and oxygen atoms in total. The van der Waals surface area contributed by atoms with Crippen LogP contribution in [0.3, 0.4) is 0 Å². The molecule has 112 valence electrons. The fourth-order valence-corrected chi connectivity index (χ4v) is 3.55. The Morgan fingerprint density at radius 3 is 2.90 bits per heavy atom. The SMILES string of the molecule is CC1CCCC(O)(CNC(C)c2cc(Cl)ccc2Cl)C1. The molecule has 0 saturated heterocycles. The molecule has 2 rings (SSSR count). The van der Waals surface area contributed by atoms with Crippen LogP contribution in [-0.4, -0.2) is 17.3 Å². The summed E-state index contributed by atoms with van der Waals surface area (Å²) in [4.78, 5) is 0. The van der Waals surface area contributed by atoms with Crippen LogP contribution in [-0.2, 0) is 0 Å². The first kappa shape index (κ1) is 16.1. The van der Waals surface area contributed by atoms with E-state index in [9.17, 15) is 5.11 Å². The number of halogens is 2. The van der Waals surface area contributed by atoms with Gasteiger partial charge in [-0.25, -0.2) is 0 Å². The molecule has 1 fully saturated rings. The summed E-state index contributed by atoms with van der Waals surface area (Å²) in [5, 5.41) is 15.4. The first-order valence-corrected chi connectivity index (χ1v) is 8.06. The second kappa shape index (κ2) is 6.65. The molecular formula is C16H23Cl2NO. The van der Waals surface area contributed by atoms with Gasteiger partial charge in [-0.15, -0.1) is 0 Å². The Labute approximate surface area is 131 Å². The van der Waals surface area contributed by atoms with Crippen molar-refractivity contribution in [2.45, 2.75) is 51.2 Å². The molecule has 1 saturated carbocycles. The van der Waals surface area contributed by atoms with E-state index in [1.165, 1.54) is 6.42 Å². The summed E-state index contributed by atoms with van der Waals surface area (Å²) in [6.45, 7) is 4.86. The monoisotopic (exact) mass is 315 g/mol. The molecule has 1 aromatic rings. The van der Waals surface area contributed by atoms with Gasteiger partial charge < -0.3 is 10.4 Å². The summed E-state index contributed by atoms with van der Waals surface area (Å²) < 4.78 is 0. The maximum absolute atomic E-state index is 10.6. The minimum atomic E-state index is -0.586. The van der Waals surface area contributed by atoms with Crippen LogP contribution in [0, 0.1) is 5.92 Å². The number of hydrogen-bond acceptors (Lipinski definition) is 2. The van der Waals surface area contributed by atoms with Crippen LogP contribution in [0.2, 0.25) is 10.0 Å². The maximum Gasteiger partial charge on any atom is 0.0774 e. The highest BCUT2D eigenvalue weighted by Crippen LogP contribution is 2.33. The van der Waals surface area contributed by atoms with E-state index < -0.39 is 5.60 Å². The predicted octanol–water partition coefficient (Wildman–Crippen LogP) is 4.59. The standard InChI is InChI=1S/C16H23Cl2NO/c1-11-4-3-7-16(20,9-11)10-19-12(2)14-8-13(17)5-6-15(14)18/h5-6,8,11-12,19-20H,3-4,7,9-10H2,1-2H3. The molecule has 1 aliphatic rings. The molecule has 0 heterocycles. The van der Waals surface area contributed by atoms with Gasteiger partial charge >= 0.3 is 0 Å². The smallest absolute Gasteiger partial charge is 0.0774 e. The van der Waals surface area contributed by atoms with E-state index in [4.69, 9.17) is 23.2 Å². The average molecular weight is 316 g/mol. The van der Waals surface area contributed by atoms with Gasteiger partial charge in [0.2, 0.25) is 0 Å². The van der Waals surface area contributed by atoms with Gasteiger partial charge in [-0.3, -0.25) is 0 Å². The Bertz CT molecular complexity index is 466. The molecule has 1 aromatic carbocycles. The molecule has 0 aliphatic heterocycles. The predicted molar refractivity (Wildman–Crippen MR) is 85.5 cm³/mol. The summed E-state index contributed by atoms with van der Waals surface area (Å²) in [5.74, 6) is 0.598. The molecule has 0 radical (unpaired) electrons. The highest BCUT2D eigenvalue weighted by atomic mass is 35.5. The van der Waals surface area contributed by atoms with Crippen molar-refractivity contribution in [2.75, 3.05) is 6.54 Å². The first-order chi connectivity index (χ1) is 9.39. The highest BCUT2D eigenvalue weighted by molar-refractivity contribution is 6.33. The molecular weight excluding hydrogens is 293 g/mol. The van der Waals surface area contributed by atoms with Crippen molar-refractivity contribution < 1.29 is 5.11 Å². The minimum Gasteiger partial charge on any atom is -0.389 e. The largest absolute Gasteiger partial charge is 0.389 e. The van der Waals surface area contributed by atoms with Crippen LogP contribution >= 0.6 is 23.2 Å². The molecule has 1 aliphatic carbocycles. The topological polar surface area (TPSA) is 32.3 Å².